The van der Waals surface area contributed by atoms with Crippen LogP contribution in [0.5, 0.6) is 11.5 Å². The van der Waals surface area contributed by atoms with Gasteiger partial charge in [0.05, 0.1) is 18.4 Å². The second kappa shape index (κ2) is 8.22. The molecule has 0 spiro atoms. The fourth-order valence-electron chi connectivity index (χ4n) is 2.64. The third-order valence-electron chi connectivity index (χ3n) is 3.94. The Kier molecular flexibility index (Phi) is 5.75. The van der Waals surface area contributed by atoms with Gasteiger partial charge in [-0.2, -0.15) is 0 Å². The highest BCUT2D eigenvalue weighted by molar-refractivity contribution is 9.10. The van der Waals surface area contributed by atoms with Crippen LogP contribution < -0.4 is 20.1 Å². The lowest BCUT2D eigenvalue weighted by molar-refractivity contribution is -0.118. The molecule has 2 aromatic rings. The topological polar surface area (TPSA) is 93.7 Å². The largest absolute Gasteiger partial charge is 0.496 e. The van der Waals surface area contributed by atoms with Crippen LogP contribution in [-0.2, 0) is 9.59 Å². The van der Waals surface area contributed by atoms with Gasteiger partial charge in [-0.1, -0.05) is 15.9 Å². The lowest BCUT2D eigenvalue weighted by Crippen LogP contribution is -2.25. The van der Waals surface area contributed by atoms with Crippen LogP contribution in [0.3, 0.4) is 0 Å². The van der Waals surface area contributed by atoms with Gasteiger partial charge in [-0.05, 0) is 36.4 Å². The highest BCUT2D eigenvalue weighted by atomic mass is 79.9. The highest BCUT2D eigenvalue weighted by Crippen LogP contribution is 2.30. The van der Waals surface area contributed by atoms with Gasteiger partial charge >= 0.3 is 0 Å². The lowest BCUT2D eigenvalue weighted by Gasteiger charge is -2.18. The van der Waals surface area contributed by atoms with Gasteiger partial charge in [0.1, 0.15) is 11.5 Å². The molecule has 27 heavy (non-hydrogen) atoms. The first-order valence-electron chi connectivity index (χ1n) is 8.19. The molecule has 2 N–H and O–H groups in total. The van der Waals surface area contributed by atoms with Crippen LogP contribution in [0.25, 0.3) is 0 Å². The fraction of sp³-hybridized carbons (Fsp3) is 0.211. The van der Waals surface area contributed by atoms with Crippen LogP contribution in [-0.4, -0.2) is 31.3 Å². The van der Waals surface area contributed by atoms with Crippen LogP contribution >= 0.6 is 15.9 Å². The zero-order valence-electron chi connectivity index (χ0n) is 14.5. The summed E-state index contributed by atoms with van der Waals surface area (Å²) in [5, 5.41) is 5.39. The lowest BCUT2D eigenvalue weighted by atomic mass is 10.1. The molecule has 1 aliphatic rings. The predicted molar refractivity (Wildman–Crippen MR) is 103 cm³/mol. The Morgan fingerprint density at radius 1 is 1.22 bits per heavy atom. The molecule has 7 nitrogen and oxygen atoms in total. The zero-order valence-corrected chi connectivity index (χ0v) is 16.1. The Balaban J connectivity index is 1.60. The van der Waals surface area contributed by atoms with Gasteiger partial charge in [0.2, 0.25) is 5.91 Å². The molecule has 2 aromatic carbocycles. The summed E-state index contributed by atoms with van der Waals surface area (Å²) in [6.45, 7) is -0.0279. The van der Waals surface area contributed by atoms with Crippen molar-refractivity contribution in [1.82, 2.24) is 0 Å². The molecule has 0 aliphatic carbocycles. The van der Waals surface area contributed by atoms with Crippen molar-refractivity contribution in [2.45, 2.75) is 12.8 Å². The summed E-state index contributed by atoms with van der Waals surface area (Å²) in [7, 11) is 1.49. The first-order valence-corrected chi connectivity index (χ1v) is 8.99. The van der Waals surface area contributed by atoms with E-state index in [4.69, 9.17) is 9.47 Å². The molecule has 3 rings (SSSR count). The van der Waals surface area contributed by atoms with Crippen molar-refractivity contribution in [1.29, 1.82) is 0 Å². The minimum atomic E-state index is -0.305. The van der Waals surface area contributed by atoms with Gasteiger partial charge in [-0.15, -0.1) is 0 Å². The number of carbonyl (C=O) groups is 3. The summed E-state index contributed by atoms with van der Waals surface area (Å²) in [4.78, 5) is 36.0. The van der Waals surface area contributed by atoms with Gasteiger partial charge in [0.25, 0.3) is 5.91 Å². The Bertz CT molecular complexity index is 913. The van der Waals surface area contributed by atoms with Crippen LogP contribution in [0.15, 0.2) is 40.9 Å². The molecule has 2 amide bonds. The van der Waals surface area contributed by atoms with Crippen molar-refractivity contribution >= 4 is 44.9 Å². The van der Waals surface area contributed by atoms with E-state index in [-0.39, 0.29) is 37.0 Å². The van der Waals surface area contributed by atoms with Gasteiger partial charge < -0.3 is 20.1 Å². The minimum absolute atomic E-state index is 0.0223. The number of anilines is 2. The molecule has 0 atom stereocenters. The second-order valence-electron chi connectivity index (χ2n) is 5.86. The van der Waals surface area contributed by atoms with E-state index < -0.39 is 0 Å². The Morgan fingerprint density at radius 3 is 2.81 bits per heavy atom. The fourth-order valence-corrected chi connectivity index (χ4v) is 3.01. The average molecular weight is 433 g/mol. The number of nitrogens with one attached hydrogen (secondary N) is 2. The molecule has 1 aliphatic heterocycles. The van der Waals surface area contributed by atoms with Crippen LogP contribution in [0, 0.1) is 0 Å². The standard InChI is InChI=1S/C19H17BrN2O5/c1-26-16-5-2-11(20)8-13(16)15(23)4-7-18(24)21-12-3-6-17-14(9-12)22-19(25)10-27-17/h2-3,5-6,8-9H,4,7,10H2,1H3,(H,21,24)(H,22,25). The summed E-state index contributed by atoms with van der Waals surface area (Å²) >= 11 is 3.33. The molecule has 0 fully saturated rings. The van der Waals surface area contributed by atoms with Crippen molar-refractivity contribution in [2.75, 3.05) is 24.4 Å². The SMILES string of the molecule is COc1ccc(Br)cc1C(=O)CCC(=O)Nc1ccc2c(c1)NC(=O)CO2. The smallest absolute Gasteiger partial charge is 0.262 e. The van der Waals surface area contributed by atoms with Crippen molar-refractivity contribution in [3.63, 3.8) is 0 Å². The molecule has 8 heteroatoms. The summed E-state index contributed by atoms with van der Waals surface area (Å²) in [6.07, 6.45) is 0.0673. The van der Waals surface area contributed by atoms with E-state index in [0.29, 0.717) is 28.4 Å². The quantitative estimate of drug-likeness (QED) is 0.682. The number of hydrogen-bond donors (Lipinski definition) is 2. The molecule has 140 valence electrons. The van der Waals surface area contributed by atoms with E-state index in [1.54, 1.807) is 36.4 Å². The normalized spacial score (nSPS) is 12.4. The van der Waals surface area contributed by atoms with Gasteiger partial charge in [-0.3, -0.25) is 14.4 Å². The van der Waals surface area contributed by atoms with Gasteiger partial charge in [0.15, 0.2) is 12.4 Å². The summed E-state index contributed by atoms with van der Waals surface area (Å²) < 4.78 is 11.2. The van der Waals surface area contributed by atoms with E-state index in [9.17, 15) is 14.4 Å². The number of rotatable bonds is 6. The molecular weight excluding hydrogens is 416 g/mol. The van der Waals surface area contributed by atoms with Crippen LogP contribution in [0.1, 0.15) is 23.2 Å². The third-order valence-corrected chi connectivity index (χ3v) is 4.43. The number of amides is 2. The first kappa shape index (κ1) is 18.9. The number of hydrogen-bond acceptors (Lipinski definition) is 5. The maximum absolute atomic E-state index is 12.4. The maximum Gasteiger partial charge on any atom is 0.262 e. The monoisotopic (exact) mass is 432 g/mol. The first-order chi connectivity index (χ1) is 13.0. The Labute approximate surface area is 164 Å². The van der Waals surface area contributed by atoms with Crippen molar-refractivity contribution < 1.29 is 23.9 Å². The second-order valence-corrected chi connectivity index (χ2v) is 6.78. The van der Waals surface area contributed by atoms with E-state index >= 15 is 0 Å². The Morgan fingerprint density at radius 2 is 2.04 bits per heavy atom. The van der Waals surface area contributed by atoms with Crippen molar-refractivity contribution in [3.05, 3.63) is 46.4 Å². The van der Waals surface area contributed by atoms with E-state index in [1.807, 2.05) is 0 Å². The molecule has 0 bridgehead atoms. The number of benzene rings is 2. The number of methoxy groups -OCH3 is 1. The molecule has 0 aromatic heterocycles. The minimum Gasteiger partial charge on any atom is -0.496 e. The van der Waals surface area contributed by atoms with Gasteiger partial charge in [-0.25, -0.2) is 0 Å². The number of Topliss-reactive ketones (excluding diaryl/α,β-unsaturated/α-hetero) is 1. The van der Waals surface area contributed by atoms with Crippen LogP contribution in [0.4, 0.5) is 11.4 Å². The van der Waals surface area contributed by atoms with E-state index in [1.165, 1.54) is 7.11 Å². The molecule has 0 radical (unpaired) electrons. The third kappa shape index (κ3) is 4.65. The zero-order chi connectivity index (χ0) is 19.4. The van der Waals surface area contributed by atoms with Gasteiger partial charge in [0, 0.05) is 23.0 Å². The maximum atomic E-state index is 12.4. The molecule has 0 unspecified atom stereocenters. The van der Waals surface area contributed by atoms with E-state index in [0.717, 1.165) is 4.47 Å². The van der Waals surface area contributed by atoms with Crippen LogP contribution in [0.2, 0.25) is 0 Å². The number of ketones is 1. The predicted octanol–water partition coefficient (Wildman–Crippen LogP) is 3.39. The van der Waals surface area contributed by atoms with E-state index in [2.05, 4.69) is 26.6 Å². The number of halogens is 1. The molecule has 1 heterocycles. The summed E-state index contributed by atoms with van der Waals surface area (Å²) in [6, 6.07) is 10.1. The summed E-state index contributed by atoms with van der Waals surface area (Å²) in [5.74, 6) is 0.271. The average Bonchev–Trinajstić information content (AvgIpc) is 2.65. The number of carbonyl (C=O) groups excluding carboxylic acids is 3. The highest BCUT2D eigenvalue weighted by Gasteiger charge is 2.17. The Hall–Kier alpha value is -2.87. The van der Waals surface area contributed by atoms with Crippen molar-refractivity contribution in [2.24, 2.45) is 0 Å². The van der Waals surface area contributed by atoms with Crippen molar-refractivity contribution in [3.8, 4) is 11.5 Å². The number of fused-ring (bicyclic) bond motifs is 1. The molecule has 0 saturated heterocycles. The summed E-state index contributed by atoms with van der Waals surface area (Å²) in [5.41, 5.74) is 1.43. The molecular formula is C19H17BrN2O5. The number of ether oxygens (including phenoxy) is 2. The molecule has 0 saturated carbocycles.